The molecule has 2 aliphatic carbocycles. The Hall–Kier alpha value is -12.8. The third-order valence-electron chi connectivity index (χ3n) is 23.3. The van der Waals surface area contributed by atoms with Gasteiger partial charge in [-0.05, 0) is 142 Å². The van der Waals surface area contributed by atoms with Gasteiger partial charge in [0.15, 0.2) is 34.9 Å². The molecule has 0 N–H and O–H groups in total. The average Bonchev–Trinajstić information content (AvgIpc) is 1.56. The van der Waals surface area contributed by atoms with E-state index in [9.17, 15) is 0 Å². The number of nitrogens with zero attached hydrogens (tertiary/aromatic N) is 6. The Morgan fingerprint density at radius 3 is 0.983 bits per heavy atom. The average molecular weight is 1560 g/mol. The highest BCUT2D eigenvalue weighted by atomic mass is 79.9. The second-order valence-electron chi connectivity index (χ2n) is 31.6. The van der Waals surface area contributed by atoms with E-state index < -0.39 is 18.3 Å². The Kier molecular flexibility index (Phi) is 18.8. The van der Waals surface area contributed by atoms with Crippen molar-refractivity contribution in [2.24, 2.45) is 0 Å². The van der Waals surface area contributed by atoms with E-state index in [-0.39, 0.29) is 18.3 Å². The summed E-state index contributed by atoms with van der Waals surface area (Å²) in [6.45, 7) is 17.7. The predicted octanol–water partition coefficient (Wildman–Crippen LogP) is 26.5. The van der Waals surface area contributed by atoms with Crippen LogP contribution in [0.3, 0.4) is 0 Å². The Balaban J connectivity index is 0.000000127. The molecule has 5 heterocycles. The van der Waals surface area contributed by atoms with E-state index in [2.05, 4.69) is 234 Å². The predicted molar refractivity (Wildman–Crippen MR) is 475 cm³/mol. The number of aromatic nitrogens is 6. The van der Waals surface area contributed by atoms with Gasteiger partial charge in [-0.1, -0.05) is 336 Å². The summed E-state index contributed by atoms with van der Waals surface area (Å²) in [6.07, 6.45) is 0. The minimum atomic E-state index is -0.482. The second kappa shape index (κ2) is 29.3. The van der Waals surface area contributed by atoms with Gasteiger partial charge in [-0.2, -0.15) is 0 Å². The Morgan fingerprint density at radius 1 is 0.252 bits per heavy atom. The van der Waals surface area contributed by atoms with Gasteiger partial charge in [-0.25, -0.2) is 29.9 Å². The summed E-state index contributed by atoms with van der Waals surface area (Å²) >= 11 is 3.47. The van der Waals surface area contributed by atoms with Crippen LogP contribution < -0.4 is 5.46 Å². The maximum atomic E-state index is 6.64. The van der Waals surface area contributed by atoms with Gasteiger partial charge in [-0.3, -0.25) is 0 Å². The van der Waals surface area contributed by atoms with Crippen LogP contribution in [0.15, 0.2) is 341 Å². The molecule has 14 aromatic carbocycles. The molecular weight excluding hydrogens is 1480 g/mol. The van der Waals surface area contributed by atoms with Gasteiger partial charge in [0.05, 0.1) is 11.2 Å². The minimum Gasteiger partial charge on any atom is -0.455 e. The molecule has 21 rings (SSSR count). The summed E-state index contributed by atoms with van der Waals surface area (Å²) in [4.78, 5) is 28.9. The lowest BCUT2D eigenvalue weighted by molar-refractivity contribution is 0.00578. The highest BCUT2D eigenvalue weighted by Gasteiger charge is 2.53. The number of hydrogen-bond donors (Lipinski definition) is 0. The van der Waals surface area contributed by atoms with Crippen LogP contribution in [-0.4, -0.2) is 48.2 Å². The van der Waals surface area contributed by atoms with Crippen LogP contribution in [0.1, 0.15) is 85.1 Å². The molecule has 12 heteroatoms. The zero-order chi connectivity index (χ0) is 77.6. The fraction of sp³-hybridized carbons (Fsp3) is 0.126. The van der Waals surface area contributed by atoms with E-state index in [1.165, 1.54) is 44.5 Å². The number of halogens is 1. The van der Waals surface area contributed by atoms with E-state index in [4.69, 9.17) is 43.1 Å². The first-order chi connectivity index (χ1) is 55.4. The van der Waals surface area contributed by atoms with Crippen molar-refractivity contribution in [1.29, 1.82) is 0 Å². The van der Waals surface area contributed by atoms with Gasteiger partial charge >= 0.3 is 7.12 Å². The van der Waals surface area contributed by atoms with Gasteiger partial charge in [0, 0.05) is 81.4 Å². The summed E-state index contributed by atoms with van der Waals surface area (Å²) < 4.78 is 27.4. The third kappa shape index (κ3) is 13.2. The molecule has 0 atom stereocenters. The molecule has 1 saturated heterocycles. The molecule has 1 fully saturated rings. The van der Waals surface area contributed by atoms with Crippen molar-refractivity contribution in [1.82, 2.24) is 29.9 Å². The monoisotopic (exact) mass is 1560 g/mol. The second-order valence-corrected chi connectivity index (χ2v) is 32.5. The SMILES string of the molecule is Brc1ccc(-c2nc(-c3ccccc3)nc(-c3ccccc3)n2)cc1.C.CC1(C)c2ccccc2-c2cc(-c3cccc4c3oc3ccccc34)c(-c3ccc(-c4nc(-c5ccccc5)nc(-c5ccccc5)n4)cc3)cc21.CC1(C)c2ccccc2-c2cc(-c3cccc4c3oc3ccccc34)c(B3OC(C)(C)C(C)(C)O3)cc21. The molecule has 10 nitrogen and oxygen atoms in total. The summed E-state index contributed by atoms with van der Waals surface area (Å²) in [5.74, 6) is 3.95. The molecule has 18 aromatic rings. The number of para-hydroxylation sites is 4. The minimum absolute atomic E-state index is 0. The maximum Gasteiger partial charge on any atom is 0.495 e. The first-order valence-corrected chi connectivity index (χ1v) is 39.5. The van der Waals surface area contributed by atoms with E-state index in [0.717, 1.165) is 121 Å². The number of fused-ring (bicyclic) bond motifs is 12. The highest BCUT2D eigenvalue weighted by Crippen LogP contribution is 2.54. The smallest absolute Gasteiger partial charge is 0.455 e. The first kappa shape index (κ1) is 73.6. The molecule has 0 spiro atoms. The van der Waals surface area contributed by atoms with Crippen molar-refractivity contribution < 1.29 is 18.1 Å². The van der Waals surface area contributed by atoms with Gasteiger partial charge in [0.2, 0.25) is 0 Å². The van der Waals surface area contributed by atoms with Gasteiger partial charge in [0.25, 0.3) is 0 Å². The van der Waals surface area contributed by atoms with E-state index in [1.54, 1.807) is 0 Å². The Bertz CT molecular complexity index is 6610. The van der Waals surface area contributed by atoms with Crippen molar-refractivity contribution in [3.8, 4) is 124 Å². The fourth-order valence-corrected chi connectivity index (χ4v) is 16.8. The zero-order valence-corrected chi connectivity index (χ0v) is 66.0. The Labute approximate surface area is 679 Å². The molecular formula is C103H82BBrN6O4. The van der Waals surface area contributed by atoms with E-state index in [0.29, 0.717) is 34.9 Å². The molecule has 558 valence electrons. The summed E-state index contributed by atoms with van der Waals surface area (Å²) in [6, 6.07) is 113. The summed E-state index contributed by atoms with van der Waals surface area (Å²) in [7, 11) is -0.482. The van der Waals surface area contributed by atoms with Crippen molar-refractivity contribution in [2.75, 3.05) is 0 Å². The van der Waals surface area contributed by atoms with Crippen molar-refractivity contribution in [3.63, 3.8) is 0 Å². The van der Waals surface area contributed by atoms with Gasteiger partial charge in [-0.15, -0.1) is 0 Å². The lowest BCUT2D eigenvalue weighted by Gasteiger charge is -2.32. The zero-order valence-electron chi connectivity index (χ0n) is 64.4. The topological polar surface area (TPSA) is 122 Å². The number of hydrogen-bond acceptors (Lipinski definition) is 10. The number of benzene rings is 14. The summed E-state index contributed by atoms with van der Waals surface area (Å²) in [5.41, 5.74) is 26.3. The van der Waals surface area contributed by atoms with Gasteiger partial charge < -0.3 is 18.1 Å². The van der Waals surface area contributed by atoms with Crippen LogP contribution >= 0.6 is 15.9 Å². The van der Waals surface area contributed by atoms with Crippen LogP contribution in [0.2, 0.25) is 0 Å². The molecule has 0 amide bonds. The lowest BCUT2D eigenvalue weighted by Crippen LogP contribution is -2.41. The summed E-state index contributed by atoms with van der Waals surface area (Å²) in [5, 5.41) is 4.49. The fourth-order valence-electron chi connectivity index (χ4n) is 16.6. The van der Waals surface area contributed by atoms with E-state index in [1.807, 2.05) is 170 Å². The number of furan rings is 2. The van der Waals surface area contributed by atoms with Crippen LogP contribution in [0.5, 0.6) is 0 Å². The normalized spacial score (nSPS) is 14.3. The molecule has 1 aliphatic heterocycles. The number of rotatable bonds is 10. The molecule has 0 bridgehead atoms. The quantitative estimate of drug-likeness (QED) is 0.122. The Morgan fingerprint density at radius 2 is 0.565 bits per heavy atom. The molecule has 0 radical (unpaired) electrons. The third-order valence-corrected chi connectivity index (χ3v) is 23.9. The molecule has 0 saturated carbocycles. The maximum absolute atomic E-state index is 6.64. The molecule has 0 unspecified atom stereocenters. The van der Waals surface area contributed by atoms with Crippen molar-refractivity contribution in [2.45, 2.75) is 84.8 Å². The van der Waals surface area contributed by atoms with E-state index >= 15 is 0 Å². The standard InChI is InChI=1S/C48H33N3O.C33H31BO3.C21H14BrN3.CH4/c1-48(2)41-22-11-9-18-34(41)40-28-39(37-21-13-20-36-35-19-10-12-23-43(35)52-44(36)37)38(29-42(40)48)30-24-26-33(27-25-30)47-50-45(31-14-5-3-6-15-31)49-46(51-47)32-16-7-4-8-17-32;1-31(2)26-16-9-7-12-20(26)24-18-25(28(19-27(24)31)34-36-32(3,4)33(5,6)37-34)23-15-11-14-22-21-13-8-10-17-29(21)35-30(22)23;22-18-13-11-17(12-14-18)21-24-19(15-7-3-1-4-8-15)23-20(25-21)16-9-5-2-6-10-16;/h3-29H,1-2H3;7-19H,1-6H3;1-14H;1H4. The van der Waals surface area contributed by atoms with Crippen molar-refractivity contribution >= 4 is 72.4 Å². The van der Waals surface area contributed by atoms with Crippen molar-refractivity contribution in [3.05, 3.63) is 354 Å². The molecule has 4 aromatic heterocycles. The van der Waals surface area contributed by atoms with Gasteiger partial charge in [0.1, 0.15) is 22.3 Å². The first-order valence-electron chi connectivity index (χ1n) is 38.7. The van der Waals surface area contributed by atoms with Crippen LogP contribution in [0, 0.1) is 0 Å². The lowest BCUT2D eigenvalue weighted by atomic mass is 9.71. The molecule has 115 heavy (non-hydrogen) atoms. The highest BCUT2D eigenvalue weighted by molar-refractivity contribution is 9.10. The van der Waals surface area contributed by atoms with Crippen LogP contribution in [0.4, 0.5) is 0 Å². The van der Waals surface area contributed by atoms with Crippen LogP contribution in [-0.2, 0) is 20.1 Å². The van der Waals surface area contributed by atoms with Crippen LogP contribution in [0.25, 0.3) is 168 Å². The molecule has 3 aliphatic rings. The largest absolute Gasteiger partial charge is 0.495 e.